The van der Waals surface area contributed by atoms with Gasteiger partial charge in [-0.25, -0.2) is 9.48 Å². The summed E-state index contributed by atoms with van der Waals surface area (Å²) in [6.45, 7) is 2.10. The maximum Gasteiger partial charge on any atom is 0.332 e. The van der Waals surface area contributed by atoms with Gasteiger partial charge in [0.1, 0.15) is 0 Å². The lowest BCUT2D eigenvalue weighted by molar-refractivity contribution is -0.137. The molecule has 0 bridgehead atoms. The van der Waals surface area contributed by atoms with Crippen molar-refractivity contribution in [2.75, 3.05) is 6.61 Å². The highest BCUT2D eigenvalue weighted by Gasteiger charge is 2.13. The van der Waals surface area contributed by atoms with Crippen LogP contribution in [0.15, 0.2) is 72.9 Å². The van der Waals surface area contributed by atoms with Gasteiger partial charge in [-0.3, -0.25) is 0 Å². The van der Waals surface area contributed by atoms with Crippen LogP contribution in [0.25, 0.3) is 17.0 Å². The van der Waals surface area contributed by atoms with Gasteiger partial charge >= 0.3 is 5.97 Å². The number of carbonyl (C=O) groups excluding carboxylic acids is 1. The van der Waals surface area contributed by atoms with Crippen molar-refractivity contribution in [2.45, 2.75) is 6.92 Å². The molecule has 3 aromatic rings. The van der Waals surface area contributed by atoms with Gasteiger partial charge in [-0.15, -0.1) is 0 Å². The zero-order valence-electron chi connectivity index (χ0n) is 13.7. The Balaban J connectivity index is 2.10. The molecule has 4 nitrogen and oxygen atoms in total. The summed E-state index contributed by atoms with van der Waals surface area (Å²) in [6.07, 6.45) is 3.16. The van der Waals surface area contributed by atoms with E-state index in [1.54, 1.807) is 17.8 Å². The molecule has 1 heterocycles. The Morgan fingerprint density at radius 3 is 2.52 bits per heavy atom. The van der Waals surface area contributed by atoms with Gasteiger partial charge in [0.05, 0.1) is 24.2 Å². The molecule has 0 aliphatic heterocycles. The van der Waals surface area contributed by atoms with Crippen molar-refractivity contribution in [3.63, 3.8) is 0 Å². The third-order valence-corrected chi connectivity index (χ3v) is 3.87. The molecule has 2 aromatic carbocycles. The summed E-state index contributed by atoms with van der Waals surface area (Å²) >= 11 is 5.98. The minimum atomic E-state index is -0.404. The first-order valence-electron chi connectivity index (χ1n) is 7.93. The molecular formula is C20H17ClN2O2. The maximum absolute atomic E-state index is 12.1. The van der Waals surface area contributed by atoms with Crippen molar-refractivity contribution >= 4 is 23.3 Å². The second kappa shape index (κ2) is 7.81. The summed E-state index contributed by atoms with van der Waals surface area (Å²) < 4.78 is 6.81. The number of rotatable bonds is 5. The van der Waals surface area contributed by atoms with Crippen LogP contribution in [0.2, 0.25) is 5.02 Å². The quantitative estimate of drug-likeness (QED) is 0.495. The standard InChI is InChI=1S/C20H17ClN2O2/c1-2-25-20(24)14-19(15-6-4-3-5-7-15)23-18(12-13-22-23)16-8-10-17(21)11-9-16/h3-14H,2H2,1H3/b19-14-. The molecule has 0 unspecified atom stereocenters. The number of halogens is 1. The molecular weight excluding hydrogens is 336 g/mol. The molecule has 0 radical (unpaired) electrons. The third-order valence-electron chi connectivity index (χ3n) is 3.62. The van der Waals surface area contributed by atoms with Crippen LogP contribution in [0.5, 0.6) is 0 Å². The lowest BCUT2D eigenvalue weighted by atomic mass is 10.1. The van der Waals surface area contributed by atoms with E-state index in [0.29, 0.717) is 17.3 Å². The van der Waals surface area contributed by atoms with Crippen LogP contribution in [0.4, 0.5) is 0 Å². The topological polar surface area (TPSA) is 44.1 Å². The van der Waals surface area contributed by atoms with Crippen LogP contribution in [-0.4, -0.2) is 22.4 Å². The highest BCUT2D eigenvalue weighted by atomic mass is 35.5. The highest BCUT2D eigenvalue weighted by molar-refractivity contribution is 6.30. The van der Waals surface area contributed by atoms with E-state index in [2.05, 4.69) is 5.10 Å². The molecule has 126 valence electrons. The molecule has 0 aliphatic rings. The Kier molecular flexibility index (Phi) is 5.31. The zero-order valence-corrected chi connectivity index (χ0v) is 14.5. The molecule has 0 N–H and O–H groups in total. The molecule has 1 aromatic heterocycles. The van der Waals surface area contributed by atoms with E-state index >= 15 is 0 Å². The van der Waals surface area contributed by atoms with Crippen molar-refractivity contribution in [1.29, 1.82) is 0 Å². The molecule has 0 spiro atoms. The van der Waals surface area contributed by atoms with Crippen LogP contribution in [0, 0.1) is 0 Å². The first kappa shape index (κ1) is 17.0. The number of carbonyl (C=O) groups is 1. The second-order valence-electron chi connectivity index (χ2n) is 5.28. The molecule has 0 amide bonds. The Labute approximate surface area is 151 Å². The first-order chi connectivity index (χ1) is 12.2. The summed E-state index contributed by atoms with van der Waals surface area (Å²) in [5, 5.41) is 5.08. The number of hydrogen-bond donors (Lipinski definition) is 0. The van der Waals surface area contributed by atoms with Crippen molar-refractivity contribution in [3.05, 3.63) is 83.5 Å². The van der Waals surface area contributed by atoms with Gasteiger partial charge in [0.25, 0.3) is 0 Å². The summed E-state index contributed by atoms with van der Waals surface area (Å²) in [5.74, 6) is -0.404. The van der Waals surface area contributed by atoms with Crippen LogP contribution >= 0.6 is 11.6 Å². The van der Waals surface area contributed by atoms with Crippen molar-refractivity contribution in [2.24, 2.45) is 0 Å². The van der Waals surface area contributed by atoms with Crippen LogP contribution < -0.4 is 0 Å². The van der Waals surface area contributed by atoms with Gasteiger partial charge in [-0.1, -0.05) is 54.1 Å². The van der Waals surface area contributed by atoms with E-state index in [1.165, 1.54) is 6.08 Å². The fourth-order valence-electron chi connectivity index (χ4n) is 2.51. The summed E-state index contributed by atoms with van der Waals surface area (Å²) in [5.41, 5.74) is 3.33. The minimum Gasteiger partial charge on any atom is -0.463 e. The monoisotopic (exact) mass is 352 g/mol. The van der Waals surface area contributed by atoms with Gasteiger partial charge in [-0.05, 0) is 25.1 Å². The lowest BCUT2D eigenvalue weighted by Gasteiger charge is -2.12. The fraction of sp³-hybridized carbons (Fsp3) is 0.100. The molecule has 3 rings (SSSR count). The highest BCUT2D eigenvalue weighted by Crippen LogP contribution is 2.26. The molecule has 0 aliphatic carbocycles. The molecule has 0 saturated heterocycles. The molecule has 0 fully saturated rings. The Morgan fingerprint density at radius 1 is 1.12 bits per heavy atom. The second-order valence-corrected chi connectivity index (χ2v) is 5.72. The Morgan fingerprint density at radius 2 is 1.84 bits per heavy atom. The van der Waals surface area contributed by atoms with Gasteiger partial charge in [0.15, 0.2) is 0 Å². The SMILES string of the molecule is CCOC(=O)/C=C(/c1ccccc1)n1nccc1-c1ccc(Cl)cc1. The average molecular weight is 353 g/mol. The summed E-state index contributed by atoms with van der Waals surface area (Å²) in [4.78, 5) is 12.1. The van der Waals surface area contributed by atoms with Crippen molar-refractivity contribution in [1.82, 2.24) is 9.78 Å². The average Bonchev–Trinajstić information content (AvgIpc) is 3.11. The van der Waals surface area contributed by atoms with E-state index in [-0.39, 0.29) is 0 Å². The predicted octanol–water partition coefficient (Wildman–Crippen LogP) is 4.66. The molecule has 0 atom stereocenters. The van der Waals surface area contributed by atoms with Crippen LogP contribution in [0.1, 0.15) is 12.5 Å². The van der Waals surface area contributed by atoms with Gasteiger partial charge in [-0.2, -0.15) is 5.10 Å². The summed E-state index contributed by atoms with van der Waals surface area (Å²) in [6, 6.07) is 19.0. The number of ether oxygens (including phenoxy) is 1. The van der Waals surface area contributed by atoms with E-state index in [1.807, 2.05) is 60.7 Å². The van der Waals surface area contributed by atoms with E-state index in [4.69, 9.17) is 16.3 Å². The van der Waals surface area contributed by atoms with E-state index in [0.717, 1.165) is 16.8 Å². The minimum absolute atomic E-state index is 0.320. The largest absolute Gasteiger partial charge is 0.463 e. The van der Waals surface area contributed by atoms with Crippen LogP contribution in [0.3, 0.4) is 0 Å². The zero-order chi connectivity index (χ0) is 17.6. The van der Waals surface area contributed by atoms with Crippen LogP contribution in [-0.2, 0) is 9.53 Å². The van der Waals surface area contributed by atoms with Crippen molar-refractivity contribution < 1.29 is 9.53 Å². The molecule has 5 heteroatoms. The number of nitrogens with zero attached hydrogens (tertiary/aromatic N) is 2. The maximum atomic E-state index is 12.1. The number of hydrogen-bond acceptors (Lipinski definition) is 3. The smallest absolute Gasteiger partial charge is 0.332 e. The van der Waals surface area contributed by atoms with Gasteiger partial charge in [0, 0.05) is 22.2 Å². The summed E-state index contributed by atoms with van der Waals surface area (Å²) in [7, 11) is 0. The Bertz CT molecular complexity index is 884. The number of aromatic nitrogens is 2. The van der Waals surface area contributed by atoms with E-state index < -0.39 is 5.97 Å². The first-order valence-corrected chi connectivity index (χ1v) is 8.31. The third kappa shape index (κ3) is 3.98. The molecule has 0 saturated carbocycles. The predicted molar refractivity (Wildman–Crippen MR) is 99.1 cm³/mol. The molecule has 25 heavy (non-hydrogen) atoms. The van der Waals surface area contributed by atoms with Crippen molar-refractivity contribution in [3.8, 4) is 11.3 Å². The van der Waals surface area contributed by atoms with Gasteiger partial charge < -0.3 is 4.74 Å². The lowest BCUT2D eigenvalue weighted by Crippen LogP contribution is -2.08. The van der Waals surface area contributed by atoms with Gasteiger partial charge in [0.2, 0.25) is 0 Å². The number of benzene rings is 2. The normalized spacial score (nSPS) is 11.4. The Hall–Kier alpha value is -2.85. The van der Waals surface area contributed by atoms with E-state index in [9.17, 15) is 4.79 Å². The number of esters is 1. The fourth-order valence-corrected chi connectivity index (χ4v) is 2.63.